The van der Waals surface area contributed by atoms with Crippen LogP contribution in [0.25, 0.3) is 0 Å². The molecule has 0 saturated heterocycles. The van der Waals surface area contributed by atoms with Gasteiger partial charge < -0.3 is 20.6 Å². The van der Waals surface area contributed by atoms with E-state index < -0.39 is 34.4 Å². The van der Waals surface area contributed by atoms with Crippen molar-refractivity contribution in [2.75, 3.05) is 32.0 Å². The lowest BCUT2D eigenvalue weighted by Crippen LogP contribution is -2.40. The van der Waals surface area contributed by atoms with Crippen LogP contribution in [-0.2, 0) is 11.0 Å². The molecule has 144 valence electrons. The fourth-order valence-electron chi connectivity index (χ4n) is 1.87. The Morgan fingerprint density at radius 3 is 2.50 bits per heavy atom. The maximum Gasteiger partial charge on any atom is 0.416 e. The molecule has 0 radical (unpaired) electrons. The van der Waals surface area contributed by atoms with E-state index in [1.807, 2.05) is 0 Å². The summed E-state index contributed by atoms with van der Waals surface area (Å²) in [6.45, 7) is 0.0398. The second kappa shape index (κ2) is 8.87. The largest absolute Gasteiger partial charge is 0.481 e. The average molecular weight is 378 g/mol. The zero-order valence-electron chi connectivity index (χ0n) is 13.7. The second-order valence-corrected chi connectivity index (χ2v) is 5.21. The van der Waals surface area contributed by atoms with E-state index in [1.165, 1.54) is 7.05 Å². The Hall–Kier alpha value is -3.05. The smallest absolute Gasteiger partial charge is 0.416 e. The zero-order valence-corrected chi connectivity index (χ0v) is 13.7. The van der Waals surface area contributed by atoms with E-state index in [-0.39, 0.29) is 31.7 Å². The highest BCUT2D eigenvalue weighted by Crippen LogP contribution is 2.34. The molecule has 9 nitrogen and oxygen atoms in total. The molecule has 0 aliphatic carbocycles. The number of nitrogens with zero attached hydrogens (tertiary/aromatic N) is 2. The number of hydrogen-bond acceptors (Lipinski definition) is 5. The Balaban J connectivity index is 2.58. The second-order valence-electron chi connectivity index (χ2n) is 5.21. The van der Waals surface area contributed by atoms with E-state index >= 15 is 0 Å². The van der Waals surface area contributed by atoms with Gasteiger partial charge in [-0.05, 0) is 12.1 Å². The van der Waals surface area contributed by atoms with Crippen molar-refractivity contribution in [3.8, 4) is 0 Å². The molecule has 1 aromatic carbocycles. The van der Waals surface area contributed by atoms with E-state index in [4.69, 9.17) is 5.11 Å². The molecular weight excluding hydrogens is 361 g/mol. The molecule has 0 saturated carbocycles. The summed E-state index contributed by atoms with van der Waals surface area (Å²) in [5, 5.41) is 24.5. The predicted octanol–water partition coefficient (Wildman–Crippen LogP) is 2.14. The highest BCUT2D eigenvalue weighted by atomic mass is 19.4. The molecule has 0 aliphatic heterocycles. The van der Waals surface area contributed by atoms with Crippen LogP contribution >= 0.6 is 0 Å². The fourth-order valence-corrected chi connectivity index (χ4v) is 1.87. The number of carboxylic acids is 1. The van der Waals surface area contributed by atoms with Gasteiger partial charge in [-0.3, -0.25) is 14.9 Å². The van der Waals surface area contributed by atoms with Gasteiger partial charge in [0.15, 0.2) is 0 Å². The van der Waals surface area contributed by atoms with E-state index in [0.29, 0.717) is 12.1 Å². The first-order valence-electron chi connectivity index (χ1n) is 7.32. The van der Waals surface area contributed by atoms with Crippen molar-refractivity contribution in [1.82, 2.24) is 10.2 Å². The van der Waals surface area contributed by atoms with Gasteiger partial charge in [-0.15, -0.1) is 0 Å². The molecule has 1 aromatic rings. The predicted molar refractivity (Wildman–Crippen MR) is 84.9 cm³/mol. The molecule has 0 aliphatic rings. The van der Waals surface area contributed by atoms with Gasteiger partial charge in [0.25, 0.3) is 5.69 Å². The normalized spacial score (nSPS) is 10.9. The number of nitrogens with one attached hydrogen (secondary N) is 2. The van der Waals surface area contributed by atoms with Gasteiger partial charge in [0.05, 0.1) is 16.9 Å². The van der Waals surface area contributed by atoms with E-state index in [0.717, 1.165) is 11.0 Å². The molecular formula is C14H17F3N4O5. The lowest BCUT2D eigenvalue weighted by atomic mass is 10.1. The quantitative estimate of drug-likeness (QED) is 0.362. The summed E-state index contributed by atoms with van der Waals surface area (Å²) in [7, 11) is 1.40. The number of nitro benzene ring substituents is 1. The van der Waals surface area contributed by atoms with Gasteiger partial charge >= 0.3 is 18.2 Å². The first kappa shape index (κ1) is 21.0. The number of halogens is 3. The number of carbonyl (C=O) groups is 2. The Morgan fingerprint density at radius 1 is 1.31 bits per heavy atom. The van der Waals surface area contributed by atoms with Gasteiger partial charge in [0.1, 0.15) is 5.69 Å². The molecule has 0 unspecified atom stereocenters. The number of nitro groups is 1. The van der Waals surface area contributed by atoms with E-state index in [9.17, 15) is 32.9 Å². The number of carboxylic acid groups (broad SMARTS) is 1. The lowest BCUT2D eigenvalue weighted by molar-refractivity contribution is -0.384. The number of alkyl halides is 3. The van der Waals surface area contributed by atoms with Crippen molar-refractivity contribution in [3.63, 3.8) is 0 Å². The number of carbonyl (C=O) groups excluding carboxylic acids is 1. The third kappa shape index (κ3) is 6.45. The lowest BCUT2D eigenvalue weighted by Gasteiger charge is -2.17. The topological polar surface area (TPSA) is 125 Å². The van der Waals surface area contributed by atoms with Gasteiger partial charge in [-0.2, -0.15) is 13.2 Å². The number of urea groups is 1. The first-order chi connectivity index (χ1) is 12.0. The number of benzene rings is 1. The SMILES string of the molecule is CN(CCC(=O)O)C(=O)NCCNc1ccc(C(F)(F)F)cc1[N+](=O)[O-]. The number of aliphatic carboxylic acids is 1. The van der Waals surface area contributed by atoms with Gasteiger partial charge in [0, 0.05) is 32.7 Å². The first-order valence-corrected chi connectivity index (χ1v) is 7.32. The minimum absolute atomic E-state index is 0.00102. The third-order valence-electron chi connectivity index (χ3n) is 3.25. The summed E-state index contributed by atoms with van der Waals surface area (Å²) in [4.78, 5) is 33.2. The van der Waals surface area contributed by atoms with Crippen molar-refractivity contribution >= 4 is 23.4 Å². The van der Waals surface area contributed by atoms with Crippen LogP contribution in [0.5, 0.6) is 0 Å². The summed E-state index contributed by atoms with van der Waals surface area (Å²) < 4.78 is 37.8. The number of hydrogen-bond donors (Lipinski definition) is 3. The molecule has 0 heterocycles. The Morgan fingerprint density at radius 2 is 1.96 bits per heavy atom. The van der Waals surface area contributed by atoms with Crippen molar-refractivity contribution in [2.45, 2.75) is 12.6 Å². The highest BCUT2D eigenvalue weighted by Gasteiger charge is 2.33. The van der Waals surface area contributed by atoms with Crippen LogP contribution in [0.15, 0.2) is 18.2 Å². The molecule has 0 bridgehead atoms. The number of rotatable bonds is 8. The minimum atomic E-state index is -4.70. The van der Waals surface area contributed by atoms with Crippen LogP contribution in [0, 0.1) is 10.1 Å². The minimum Gasteiger partial charge on any atom is -0.481 e. The Kier molecular flexibility index (Phi) is 7.16. The monoisotopic (exact) mass is 378 g/mol. The van der Waals surface area contributed by atoms with E-state index in [2.05, 4.69) is 10.6 Å². The zero-order chi connectivity index (χ0) is 19.9. The molecule has 0 spiro atoms. The standard InChI is InChI=1S/C14H17F3N4O5/c1-20(7-4-12(22)23)13(24)19-6-5-18-10-3-2-9(14(15,16)17)8-11(10)21(25)26/h2-3,8,18H,4-7H2,1H3,(H,19,24)(H,22,23). The molecule has 1 rings (SSSR count). The van der Waals surface area contributed by atoms with E-state index in [1.54, 1.807) is 0 Å². The van der Waals surface area contributed by atoms with Gasteiger partial charge in [-0.1, -0.05) is 0 Å². The summed E-state index contributed by atoms with van der Waals surface area (Å²) >= 11 is 0. The average Bonchev–Trinajstić information content (AvgIpc) is 2.55. The van der Waals surface area contributed by atoms with Crippen molar-refractivity contribution in [3.05, 3.63) is 33.9 Å². The van der Waals surface area contributed by atoms with Crippen LogP contribution in [-0.4, -0.2) is 53.6 Å². The molecule has 0 fully saturated rings. The van der Waals surface area contributed by atoms with Gasteiger partial charge in [0.2, 0.25) is 0 Å². The Bertz CT molecular complexity index is 681. The molecule has 12 heteroatoms. The molecule has 26 heavy (non-hydrogen) atoms. The van der Waals surface area contributed by atoms with Crippen molar-refractivity contribution in [1.29, 1.82) is 0 Å². The summed E-state index contributed by atoms with van der Waals surface area (Å²) in [6.07, 6.45) is -4.92. The molecule has 0 atom stereocenters. The number of anilines is 1. The van der Waals surface area contributed by atoms with Crippen LogP contribution < -0.4 is 10.6 Å². The molecule has 2 amide bonds. The van der Waals surface area contributed by atoms with Gasteiger partial charge in [-0.25, -0.2) is 4.79 Å². The maximum absolute atomic E-state index is 12.6. The van der Waals surface area contributed by atoms with Crippen LogP contribution in [0.1, 0.15) is 12.0 Å². The van der Waals surface area contributed by atoms with Crippen molar-refractivity contribution in [2.24, 2.45) is 0 Å². The van der Waals surface area contributed by atoms with Crippen LogP contribution in [0.3, 0.4) is 0 Å². The van der Waals surface area contributed by atoms with Crippen LogP contribution in [0.2, 0.25) is 0 Å². The third-order valence-corrected chi connectivity index (χ3v) is 3.25. The number of amides is 2. The molecule has 3 N–H and O–H groups in total. The Labute approximate surface area is 145 Å². The molecule has 0 aromatic heterocycles. The van der Waals surface area contributed by atoms with Crippen molar-refractivity contribution < 1.29 is 32.8 Å². The summed E-state index contributed by atoms with van der Waals surface area (Å²) in [6, 6.07) is 1.55. The van der Waals surface area contributed by atoms with Crippen LogP contribution in [0.4, 0.5) is 29.3 Å². The highest BCUT2D eigenvalue weighted by molar-refractivity contribution is 5.75. The maximum atomic E-state index is 12.6. The fraction of sp³-hybridized carbons (Fsp3) is 0.429. The summed E-state index contributed by atoms with van der Waals surface area (Å²) in [5.41, 5.74) is -1.98. The summed E-state index contributed by atoms with van der Waals surface area (Å²) in [5.74, 6) is -1.05.